The molecule has 0 spiro atoms. The van der Waals surface area contributed by atoms with E-state index >= 15 is 0 Å². The van der Waals surface area contributed by atoms with Gasteiger partial charge in [-0.25, -0.2) is 0 Å². The van der Waals surface area contributed by atoms with E-state index in [4.69, 9.17) is 0 Å². The van der Waals surface area contributed by atoms with Crippen molar-refractivity contribution >= 4 is 0 Å². The van der Waals surface area contributed by atoms with Crippen LogP contribution in [0.5, 0.6) is 0 Å². The van der Waals surface area contributed by atoms with Crippen LogP contribution in [0.1, 0.15) is 37.7 Å². The predicted octanol–water partition coefficient (Wildman–Crippen LogP) is 1.53. The van der Waals surface area contributed by atoms with Crippen LogP contribution in [0, 0.1) is 0 Å². The number of aromatic nitrogens is 2. The van der Waals surface area contributed by atoms with E-state index in [0.29, 0.717) is 0 Å². The lowest BCUT2D eigenvalue weighted by atomic mass is 9.94. The average molecular weight is 248 g/mol. The Morgan fingerprint density at radius 1 is 1.33 bits per heavy atom. The highest BCUT2D eigenvalue weighted by molar-refractivity contribution is 5.05. The fraction of sp³-hybridized carbons (Fsp3) is 0.786. The minimum atomic E-state index is 0.724. The van der Waals surface area contributed by atoms with Gasteiger partial charge in [-0.2, -0.15) is 5.10 Å². The number of nitrogens with one attached hydrogen (secondary N) is 1. The smallest absolute Gasteiger partial charge is 0.0534 e. The highest BCUT2D eigenvalue weighted by Gasteiger charge is 2.31. The van der Waals surface area contributed by atoms with Gasteiger partial charge in [0.05, 0.1) is 6.20 Å². The molecular formula is C14H24N4. The largest absolute Gasteiger partial charge is 0.312 e. The van der Waals surface area contributed by atoms with Gasteiger partial charge in [0, 0.05) is 37.4 Å². The molecule has 3 heterocycles. The summed E-state index contributed by atoms with van der Waals surface area (Å²) in [6, 6.07) is 1.46. The normalized spacial score (nSPS) is 29.8. The van der Waals surface area contributed by atoms with Gasteiger partial charge >= 0.3 is 0 Å². The number of piperidine rings is 1. The molecule has 0 aromatic carbocycles. The maximum absolute atomic E-state index is 4.28. The lowest BCUT2D eigenvalue weighted by Gasteiger charge is -2.39. The zero-order valence-corrected chi connectivity index (χ0v) is 11.3. The molecule has 0 bridgehead atoms. The molecular weight excluding hydrogens is 224 g/mol. The first-order chi connectivity index (χ1) is 8.83. The summed E-state index contributed by atoms with van der Waals surface area (Å²) in [6.07, 6.45) is 11.0. The van der Waals surface area contributed by atoms with Crippen molar-refractivity contribution in [1.29, 1.82) is 0 Å². The third-order valence-corrected chi connectivity index (χ3v) is 4.37. The van der Waals surface area contributed by atoms with Crippen molar-refractivity contribution in [2.75, 3.05) is 13.1 Å². The molecule has 1 N–H and O–H groups in total. The van der Waals surface area contributed by atoms with Crippen molar-refractivity contribution in [2.24, 2.45) is 7.05 Å². The maximum atomic E-state index is 4.28. The molecule has 2 unspecified atom stereocenters. The Morgan fingerprint density at radius 2 is 2.28 bits per heavy atom. The first-order valence-electron chi connectivity index (χ1n) is 7.28. The fourth-order valence-electron chi connectivity index (χ4n) is 3.50. The Hall–Kier alpha value is -0.870. The molecule has 4 heteroatoms. The van der Waals surface area contributed by atoms with E-state index in [1.54, 1.807) is 0 Å². The molecule has 2 saturated heterocycles. The van der Waals surface area contributed by atoms with Crippen molar-refractivity contribution in [1.82, 2.24) is 20.0 Å². The zero-order valence-electron chi connectivity index (χ0n) is 11.3. The van der Waals surface area contributed by atoms with Crippen molar-refractivity contribution in [3.63, 3.8) is 0 Å². The Morgan fingerprint density at radius 3 is 3.00 bits per heavy atom. The summed E-state index contributed by atoms with van der Waals surface area (Å²) in [5.74, 6) is 0. The highest BCUT2D eigenvalue weighted by atomic mass is 15.3. The van der Waals surface area contributed by atoms with Crippen LogP contribution in [0.15, 0.2) is 12.4 Å². The second-order valence-electron chi connectivity index (χ2n) is 5.76. The monoisotopic (exact) mass is 248 g/mol. The van der Waals surface area contributed by atoms with E-state index in [-0.39, 0.29) is 0 Å². The Kier molecular flexibility index (Phi) is 3.66. The second kappa shape index (κ2) is 5.41. The summed E-state index contributed by atoms with van der Waals surface area (Å²) in [5.41, 5.74) is 1.35. The molecule has 100 valence electrons. The molecule has 0 amide bonds. The number of likely N-dealkylation sites (tertiary alicyclic amines) is 1. The van der Waals surface area contributed by atoms with Crippen LogP contribution < -0.4 is 5.32 Å². The minimum Gasteiger partial charge on any atom is -0.312 e. The Balaban J connectivity index is 1.67. The number of hydrogen-bond donors (Lipinski definition) is 1. The Labute approximate surface area is 109 Å². The van der Waals surface area contributed by atoms with Crippen LogP contribution in [-0.4, -0.2) is 39.9 Å². The van der Waals surface area contributed by atoms with Gasteiger partial charge in [0.15, 0.2) is 0 Å². The molecule has 1 aromatic rings. The summed E-state index contributed by atoms with van der Waals surface area (Å²) >= 11 is 0. The maximum Gasteiger partial charge on any atom is 0.0534 e. The summed E-state index contributed by atoms with van der Waals surface area (Å²) in [7, 11) is 2.00. The van der Waals surface area contributed by atoms with Gasteiger partial charge in [-0.3, -0.25) is 9.58 Å². The Bertz CT molecular complexity index is 381. The molecule has 18 heavy (non-hydrogen) atoms. The van der Waals surface area contributed by atoms with Crippen LogP contribution in [0.2, 0.25) is 0 Å². The standard InChI is InChI=1S/C14H24N4/c1-17-10-12(9-16-17)11-18-8-3-2-6-14(18)13-5-4-7-15-13/h9-10,13-15H,2-8,11H2,1H3. The van der Waals surface area contributed by atoms with Gasteiger partial charge in [-0.15, -0.1) is 0 Å². The van der Waals surface area contributed by atoms with Gasteiger partial charge in [0.1, 0.15) is 0 Å². The van der Waals surface area contributed by atoms with Gasteiger partial charge in [-0.05, 0) is 38.8 Å². The first-order valence-corrected chi connectivity index (χ1v) is 7.28. The van der Waals surface area contributed by atoms with Crippen molar-refractivity contribution < 1.29 is 0 Å². The fourth-order valence-corrected chi connectivity index (χ4v) is 3.50. The van der Waals surface area contributed by atoms with E-state index in [1.807, 2.05) is 17.9 Å². The predicted molar refractivity (Wildman–Crippen MR) is 72.3 cm³/mol. The average Bonchev–Trinajstić information content (AvgIpc) is 3.02. The summed E-state index contributed by atoms with van der Waals surface area (Å²) in [6.45, 7) is 3.52. The van der Waals surface area contributed by atoms with E-state index in [9.17, 15) is 0 Å². The quantitative estimate of drug-likeness (QED) is 0.880. The van der Waals surface area contributed by atoms with E-state index in [2.05, 4.69) is 21.5 Å². The number of aryl methyl sites for hydroxylation is 1. The molecule has 1 aromatic heterocycles. The van der Waals surface area contributed by atoms with Crippen LogP contribution in [0.3, 0.4) is 0 Å². The van der Waals surface area contributed by atoms with Gasteiger partial charge in [-0.1, -0.05) is 6.42 Å². The van der Waals surface area contributed by atoms with Crippen LogP contribution in [0.4, 0.5) is 0 Å². The first kappa shape index (κ1) is 12.2. The highest BCUT2D eigenvalue weighted by Crippen LogP contribution is 2.25. The van der Waals surface area contributed by atoms with Crippen molar-refractivity contribution in [3.05, 3.63) is 18.0 Å². The molecule has 4 nitrogen and oxygen atoms in total. The third kappa shape index (κ3) is 2.59. The van der Waals surface area contributed by atoms with E-state index in [1.165, 1.54) is 50.8 Å². The molecule has 2 fully saturated rings. The summed E-state index contributed by atoms with van der Waals surface area (Å²) in [5, 5.41) is 7.96. The van der Waals surface area contributed by atoms with E-state index < -0.39 is 0 Å². The van der Waals surface area contributed by atoms with Crippen LogP contribution >= 0.6 is 0 Å². The SMILES string of the molecule is Cn1cc(CN2CCCCC2C2CCCN2)cn1. The molecule has 2 atom stereocenters. The van der Waals surface area contributed by atoms with Crippen LogP contribution in [-0.2, 0) is 13.6 Å². The number of nitrogens with zero attached hydrogens (tertiary/aromatic N) is 3. The molecule has 0 radical (unpaired) electrons. The summed E-state index contributed by atoms with van der Waals surface area (Å²) in [4.78, 5) is 2.67. The lowest BCUT2D eigenvalue weighted by Crippen LogP contribution is -2.49. The van der Waals surface area contributed by atoms with Gasteiger partial charge in [0.25, 0.3) is 0 Å². The molecule has 0 aliphatic carbocycles. The topological polar surface area (TPSA) is 33.1 Å². The lowest BCUT2D eigenvalue weighted by molar-refractivity contribution is 0.112. The van der Waals surface area contributed by atoms with Gasteiger partial charge < -0.3 is 5.32 Å². The van der Waals surface area contributed by atoms with E-state index in [0.717, 1.165) is 18.6 Å². The summed E-state index contributed by atoms with van der Waals surface area (Å²) < 4.78 is 1.90. The molecule has 2 aliphatic rings. The number of rotatable bonds is 3. The number of hydrogen-bond acceptors (Lipinski definition) is 3. The van der Waals surface area contributed by atoms with Crippen LogP contribution in [0.25, 0.3) is 0 Å². The molecule has 0 saturated carbocycles. The van der Waals surface area contributed by atoms with Crippen molar-refractivity contribution in [3.8, 4) is 0 Å². The molecule has 2 aliphatic heterocycles. The van der Waals surface area contributed by atoms with Gasteiger partial charge in [0.2, 0.25) is 0 Å². The minimum absolute atomic E-state index is 0.724. The van der Waals surface area contributed by atoms with Crippen molar-refractivity contribution in [2.45, 2.75) is 50.7 Å². The zero-order chi connectivity index (χ0) is 12.4. The third-order valence-electron chi connectivity index (χ3n) is 4.37. The molecule has 3 rings (SSSR count). The second-order valence-corrected chi connectivity index (χ2v) is 5.76.